The fourth-order valence-electron chi connectivity index (χ4n) is 3.76. The van der Waals surface area contributed by atoms with E-state index in [1.807, 2.05) is 55.7 Å². The Morgan fingerprint density at radius 1 is 1.06 bits per heavy atom. The highest BCUT2D eigenvalue weighted by atomic mass is 17.2. The number of hydrogen-bond acceptors (Lipinski definition) is 4. The van der Waals surface area contributed by atoms with E-state index in [2.05, 4.69) is 41.6 Å². The molecule has 2 unspecified atom stereocenters. The lowest BCUT2D eigenvalue weighted by molar-refractivity contribution is -0.306. The van der Waals surface area contributed by atoms with Crippen LogP contribution in [-0.4, -0.2) is 36.6 Å². The van der Waals surface area contributed by atoms with Crippen molar-refractivity contribution >= 4 is 16.8 Å². The molecule has 6 heteroatoms. The minimum atomic E-state index is -0.236. The smallest absolute Gasteiger partial charge is 0.237 e. The molecule has 3 aromatic rings. The topological polar surface area (TPSA) is 75.4 Å². The van der Waals surface area contributed by atoms with Crippen molar-refractivity contribution in [3.05, 3.63) is 71.9 Å². The van der Waals surface area contributed by atoms with E-state index in [1.165, 1.54) is 0 Å². The van der Waals surface area contributed by atoms with E-state index in [1.54, 1.807) is 0 Å². The fourth-order valence-corrected chi connectivity index (χ4v) is 3.76. The molecule has 3 N–H and O–H groups in total. The Bertz CT molecular complexity index is 957. The van der Waals surface area contributed by atoms with Crippen molar-refractivity contribution in [2.75, 3.05) is 13.7 Å². The van der Waals surface area contributed by atoms with Gasteiger partial charge in [-0.05, 0) is 43.0 Å². The highest BCUT2D eigenvalue weighted by Crippen LogP contribution is 2.19. The molecular weight excluding hydrogens is 402 g/mol. The van der Waals surface area contributed by atoms with Crippen LogP contribution < -0.4 is 10.6 Å². The molecule has 1 heterocycles. The van der Waals surface area contributed by atoms with Crippen molar-refractivity contribution < 1.29 is 14.6 Å². The van der Waals surface area contributed by atoms with Gasteiger partial charge in [0.15, 0.2) is 0 Å². The van der Waals surface area contributed by atoms with Crippen LogP contribution >= 0.6 is 0 Å². The maximum Gasteiger partial charge on any atom is 0.237 e. The van der Waals surface area contributed by atoms with Gasteiger partial charge in [-0.2, -0.15) is 0 Å². The average molecular weight is 438 g/mol. The summed E-state index contributed by atoms with van der Waals surface area (Å²) in [6.45, 7) is 4.94. The van der Waals surface area contributed by atoms with Crippen molar-refractivity contribution in [3.63, 3.8) is 0 Å². The molecule has 0 radical (unpaired) electrons. The van der Waals surface area contributed by atoms with Gasteiger partial charge in [0.05, 0.1) is 12.1 Å². The maximum atomic E-state index is 13.0. The van der Waals surface area contributed by atoms with Gasteiger partial charge in [-0.1, -0.05) is 68.8 Å². The Hall–Kier alpha value is -2.67. The second-order valence-electron chi connectivity index (χ2n) is 8.39. The van der Waals surface area contributed by atoms with E-state index in [0.29, 0.717) is 18.9 Å². The predicted molar refractivity (Wildman–Crippen MR) is 128 cm³/mol. The van der Waals surface area contributed by atoms with Gasteiger partial charge in [0.1, 0.15) is 13.2 Å². The molecule has 1 amide bonds. The summed E-state index contributed by atoms with van der Waals surface area (Å²) in [5, 5.41) is 7.49. The fraction of sp³-hybridized carbons (Fsp3) is 0.423. The molecular formula is C26H35N3O3. The summed E-state index contributed by atoms with van der Waals surface area (Å²) < 4.78 is 0. The monoisotopic (exact) mass is 437 g/mol. The third-order valence-corrected chi connectivity index (χ3v) is 5.91. The second kappa shape index (κ2) is 12.4. The Kier molecular flexibility index (Phi) is 9.28. The zero-order chi connectivity index (χ0) is 22.8. The SMILES string of the molecule is CC[C@H](C)CC(NC)C(=O)NC(COOCc1ccccc1)Cc1c[nH]c2ccccc12. The molecule has 0 bridgehead atoms. The first-order valence-electron chi connectivity index (χ1n) is 11.4. The molecule has 172 valence electrons. The Labute approximate surface area is 190 Å². The molecule has 0 spiro atoms. The lowest BCUT2D eigenvalue weighted by atomic mass is 9.98. The molecule has 32 heavy (non-hydrogen) atoms. The molecule has 0 aliphatic carbocycles. The van der Waals surface area contributed by atoms with E-state index in [4.69, 9.17) is 9.78 Å². The van der Waals surface area contributed by atoms with Crippen molar-refractivity contribution in [2.45, 2.75) is 51.8 Å². The van der Waals surface area contributed by atoms with Gasteiger partial charge in [0, 0.05) is 17.1 Å². The van der Waals surface area contributed by atoms with Crippen molar-refractivity contribution in [3.8, 4) is 0 Å². The third kappa shape index (κ3) is 6.92. The molecule has 1 aromatic heterocycles. The number of fused-ring (bicyclic) bond motifs is 1. The summed E-state index contributed by atoms with van der Waals surface area (Å²) in [5.74, 6) is 0.458. The molecule has 6 nitrogen and oxygen atoms in total. The normalized spacial score (nSPS) is 14.2. The molecule has 0 saturated carbocycles. The van der Waals surface area contributed by atoms with Crippen LogP contribution in [0.3, 0.4) is 0 Å². The summed E-state index contributed by atoms with van der Waals surface area (Å²) in [7, 11) is 1.83. The van der Waals surface area contributed by atoms with Gasteiger partial charge >= 0.3 is 0 Å². The van der Waals surface area contributed by atoms with Crippen LogP contribution in [-0.2, 0) is 27.6 Å². The van der Waals surface area contributed by atoms with Gasteiger partial charge in [0.2, 0.25) is 5.91 Å². The summed E-state index contributed by atoms with van der Waals surface area (Å²) in [4.78, 5) is 27.3. The first-order valence-corrected chi connectivity index (χ1v) is 11.4. The Morgan fingerprint density at radius 2 is 1.81 bits per heavy atom. The van der Waals surface area contributed by atoms with Crippen LogP contribution in [0.4, 0.5) is 0 Å². The highest BCUT2D eigenvalue weighted by molar-refractivity contribution is 5.84. The zero-order valence-electron chi connectivity index (χ0n) is 19.3. The van der Waals surface area contributed by atoms with Gasteiger partial charge in [-0.3, -0.25) is 4.79 Å². The zero-order valence-corrected chi connectivity index (χ0v) is 19.3. The van der Waals surface area contributed by atoms with Crippen molar-refractivity contribution in [1.29, 1.82) is 0 Å². The standard InChI is InChI=1S/C26H35N3O3/c1-4-19(2)14-25(27-3)26(30)29-22(18-32-31-17-20-10-6-5-7-11-20)15-21-16-28-24-13-9-8-12-23(21)24/h5-13,16,19,22,25,27-28H,4,14-15,17-18H2,1-3H3,(H,29,30)/t19-,22?,25?/m0/s1. The van der Waals surface area contributed by atoms with Crippen LogP contribution in [0.15, 0.2) is 60.8 Å². The second-order valence-corrected chi connectivity index (χ2v) is 8.39. The third-order valence-electron chi connectivity index (χ3n) is 5.91. The van der Waals surface area contributed by atoms with E-state index >= 15 is 0 Å². The Morgan fingerprint density at radius 3 is 2.56 bits per heavy atom. The van der Waals surface area contributed by atoms with E-state index in [0.717, 1.165) is 34.9 Å². The molecule has 2 aromatic carbocycles. The molecule has 0 saturated heterocycles. The minimum absolute atomic E-state index is 0.00991. The van der Waals surface area contributed by atoms with Gasteiger partial charge in [0.25, 0.3) is 0 Å². The van der Waals surface area contributed by atoms with Crippen molar-refractivity contribution in [1.82, 2.24) is 15.6 Å². The van der Waals surface area contributed by atoms with Gasteiger partial charge < -0.3 is 15.6 Å². The van der Waals surface area contributed by atoms with E-state index in [-0.39, 0.29) is 24.6 Å². The first-order chi connectivity index (χ1) is 15.6. The number of amides is 1. The lowest BCUT2D eigenvalue weighted by Gasteiger charge is -2.24. The summed E-state index contributed by atoms with van der Waals surface area (Å²) in [6.07, 6.45) is 4.48. The number of hydrogen-bond donors (Lipinski definition) is 3. The number of aromatic nitrogens is 1. The van der Waals surface area contributed by atoms with Crippen molar-refractivity contribution in [2.24, 2.45) is 5.92 Å². The number of aromatic amines is 1. The minimum Gasteiger partial charge on any atom is -0.361 e. The Balaban J connectivity index is 1.64. The van der Waals surface area contributed by atoms with E-state index in [9.17, 15) is 4.79 Å². The van der Waals surface area contributed by atoms with Crippen LogP contribution in [0.1, 0.15) is 37.8 Å². The number of carbonyl (C=O) groups is 1. The number of benzene rings is 2. The summed E-state index contributed by atoms with van der Waals surface area (Å²) in [5.41, 5.74) is 3.26. The molecule has 3 rings (SSSR count). The van der Waals surface area contributed by atoms with Crippen LogP contribution in [0.5, 0.6) is 0 Å². The molecule has 0 fully saturated rings. The molecule has 3 atom stereocenters. The quantitative estimate of drug-likeness (QED) is 0.211. The largest absolute Gasteiger partial charge is 0.361 e. The number of likely N-dealkylation sites (N-methyl/N-ethyl adjacent to an activating group) is 1. The number of carbonyl (C=O) groups excluding carboxylic acids is 1. The van der Waals surface area contributed by atoms with Gasteiger partial charge in [-0.15, -0.1) is 0 Å². The maximum absolute atomic E-state index is 13.0. The van der Waals surface area contributed by atoms with E-state index < -0.39 is 0 Å². The average Bonchev–Trinajstić information content (AvgIpc) is 3.23. The summed E-state index contributed by atoms with van der Waals surface area (Å²) in [6, 6.07) is 17.6. The van der Waals surface area contributed by atoms with Crippen LogP contribution in [0, 0.1) is 5.92 Å². The number of H-pyrrole nitrogens is 1. The lowest BCUT2D eigenvalue weighted by Crippen LogP contribution is -2.49. The van der Waals surface area contributed by atoms with Crippen LogP contribution in [0.2, 0.25) is 0 Å². The number of para-hydroxylation sites is 1. The number of rotatable bonds is 13. The van der Waals surface area contributed by atoms with Gasteiger partial charge in [-0.25, -0.2) is 9.78 Å². The number of nitrogens with one attached hydrogen (secondary N) is 3. The molecule has 0 aliphatic rings. The predicted octanol–water partition coefficient (Wildman–Crippen LogP) is 4.37. The molecule has 0 aliphatic heterocycles. The van der Waals surface area contributed by atoms with Crippen LogP contribution in [0.25, 0.3) is 10.9 Å². The first kappa shape index (κ1) is 24.0. The summed E-state index contributed by atoms with van der Waals surface area (Å²) >= 11 is 0. The highest BCUT2D eigenvalue weighted by Gasteiger charge is 2.23.